The Morgan fingerprint density at radius 1 is 1.14 bits per heavy atom. The molecule has 3 nitrogen and oxygen atoms in total. The highest BCUT2D eigenvalue weighted by Crippen LogP contribution is 2.39. The molecule has 0 saturated carbocycles. The quantitative estimate of drug-likeness (QED) is 0.928. The van der Waals surface area contributed by atoms with Crippen LogP contribution in [-0.2, 0) is 6.18 Å². The number of hydrogen-bond donors (Lipinski definition) is 1. The lowest BCUT2D eigenvalue weighted by Gasteiger charge is -2.14. The maximum atomic E-state index is 13.0. The SMILES string of the molecule is COc1ccc(-c2ccccc2C(=O)O)cc1C(F)(F)F. The Hall–Kier alpha value is -2.50. The van der Waals surface area contributed by atoms with Crippen molar-refractivity contribution in [2.45, 2.75) is 6.18 Å². The van der Waals surface area contributed by atoms with Gasteiger partial charge in [0.25, 0.3) is 0 Å². The third-order valence-corrected chi connectivity index (χ3v) is 2.97. The van der Waals surface area contributed by atoms with Crippen LogP contribution in [0, 0.1) is 0 Å². The van der Waals surface area contributed by atoms with Gasteiger partial charge in [-0.25, -0.2) is 4.79 Å². The Kier molecular flexibility index (Phi) is 3.88. The molecule has 0 heterocycles. The summed E-state index contributed by atoms with van der Waals surface area (Å²) in [6, 6.07) is 9.36. The summed E-state index contributed by atoms with van der Waals surface area (Å²) < 4.78 is 43.7. The van der Waals surface area contributed by atoms with Gasteiger partial charge in [0.15, 0.2) is 0 Å². The van der Waals surface area contributed by atoms with E-state index in [-0.39, 0.29) is 22.4 Å². The number of ether oxygens (including phenoxy) is 1. The molecule has 0 aliphatic carbocycles. The van der Waals surface area contributed by atoms with Crippen molar-refractivity contribution >= 4 is 5.97 Å². The third-order valence-electron chi connectivity index (χ3n) is 2.97. The molecular weight excluding hydrogens is 285 g/mol. The summed E-state index contributed by atoms with van der Waals surface area (Å²) >= 11 is 0. The minimum absolute atomic E-state index is 0.0595. The fourth-order valence-corrected chi connectivity index (χ4v) is 2.02. The van der Waals surface area contributed by atoms with Crippen molar-refractivity contribution in [2.24, 2.45) is 0 Å². The normalized spacial score (nSPS) is 11.2. The van der Waals surface area contributed by atoms with Crippen LogP contribution in [0.3, 0.4) is 0 Å². The fraction of sp³-hybridized carbons (Fsp3) is 0.133. The van der Waals surface area contributed by atoms with Crippen LogP contribution < -0.4 is 4.74 Å². The molecule has 1 N–H and O–H groups in total. The van der Waals surface area contributed by atoms with Gasteiger partial charge in [0, 0.05) is 0 Å². The van der Waals surface area contributed by atoms with Crippen LogP contribution in [-0.4, -0.2) is 18.2 Å². The molecule has 0 bridgehead atoms. The van der Waals surface area contributed by atoms with Gasteiger partial charge in [0.1, 0.15) is 5.75 Å². The zero-order valence-electron chi connectivity index (χ0n) is 10.9. The molecule has 0 unspecified atom stereocenters. The molecule has 0 spiro atoms. The molecule has 0 aliphatic rings. The van der Waals surface area contributed by atoms with Crippen molar-refractivity contribution < 1.29 is 27.8 Å². The molecule has 6 heteroatoms. The number of aromatic carboxylic acids is 1. The van der Waals surface area contributed by atoms with Crippen molar-refractivity contribution in [1.29, 1.82) is 0 Å². The van der Waals surface area contributed by atoms with Crippen molar-refractivity contribution in [3.05, 3.63) is 53.6 Å². The highest BCUT2D eigenvalue weighted by Gasteiger charge is 2.34. The monoisotopic (exact) mass is 296 g/mol. The van der Waals surface area contributed by atoms with Crippen molar-refractivity contribution in [3.63, 3.8) is 0 Å². The first-order chi connectivity index (χ1) is 9.84. The van der Waals surface area contributed by atoms with E-state index in [2.05, 4.69) is 0 Å². The van der Waals surface area contributed by atoms with Gasteiger partial charge in [0.2, 0.25) is 0 Å². The Morgan fingerprint density at radius 2 is 1.81 bits per heavy atom. The standard InChI is InChI=1S/C15H11F3O3/c1-21-13-7-6-9(8-12(13)15(16,17)18)10-4-2-3-5-11(10)14(19)20/h2-8H,1H3,(H,19,20). The van der Waals surface area contributed by atoms with E-state index in [1.54, 1.807) is 6.07 Å². The van der Waals surface area contributed by atoms with E-state index in [0.29, 0.717) is 0 Å². The zero-order valence-corrected chi connectivity index (χ0v) is 10.9. The van der Waals surface area contributed by atoms with Crippen molar-refractivity contribution in [1.82, 2.24) is 0 Å². The maximum Gasteiger partial charge on any atom is 0.419 e. The molecular formula is C15H11F3O3. The first-order valence-corrected chi connectivity index (χ1v) is 5.92. The number of alkyl halides is 3. The molecule has 0 radical (unpaired) electrons. The summed E-state index contributed by atoms with van der Waals surface area (Å²) in [5.74, 6) is -1.51. The van der Waals surface area contributed by atoms with Gasteiger partial charge in [-0.05, 0) is 29.3 Å². The highest BCUT2D eigenvalue weighted by molar-refractivity contribution is 5.96. The van der Waals surface area contributed by atoms with E-state index in [9.17, 15) is 18.0 Å². The largest absolute Gasteiger partial charge is 0.496 e. The highest BCUT2D eigenvalue weighted by atomic mass is 19.4. The second kappa shape index (κ2) is 5.47. The van der Waals surface area contributed by atoms with Gasteiger partial charge < -0.3 is 9.84 Å². The summed E-state index contributed by atoms with van der Waals surface area (Å²) in [6.07, 6.45) is -4.58. The predicted octanol–water partition coefficient (Wildman–Crippen LogP) is 4.08. The molecule has 110 valence electrons. The first kappa shape index (κ1) is 14.9. The van der Waals surface area contributed by atoms with E-state index in [1.807, 2.05) is 0 Å². The third kappa shape index (κ3) is 2.99. The van der Waals surface area contributed by atoms with Gasteiger partial charge in [0.05, 0.1) is 18.2 Å². The topological polar surface area (TPSA) is 46.5 Å². The minimum atomic E-state index is -4.58. The number of carbonyl (C=O) groups is 1. The van der Waals surface area contributed by atoms with Crippen LogP contribution in [0.5, 0.6) is 5.75 Å². The smallest absolute Gasteiger partial charge is 0.419 e. The average Bonchev–Trinajstić information content (AvgIpc) is 2.45. The molecule has 2 rings (SSSR count). The second-order valence-corrected chi connectivity index (χ2v) is 4.26. The lowest BCUT2D eigenvalue weighted by Crippen LogP contribution is -2.08. The molecule has 2 aromatic rings. The molecule has 21 heavy (non-hydrogen) atoms. The number of methoxy groups -OCH3 is 1. The average molecular weight is 296 g/mol. The Bertz CT molecular complexity index is 678. The van der Waals surface area contributed by atoms with Crippen LogP contribution in [0.4, 0.5) is 13.2 Å². The zero-order chi connectivity index (χ0) is 15.6. The van der Waals surface area contributed by atoms with Crippen LogP contribution >= 0.6 is 0 Å². The van der Waals surface area contributed by atoms with Crippen LogP contribution in [0.25, 0.3) is 11.1 Å². The number of benzene rings is 2. The molecule has 0 aromatic heterocycles. The van der Waals surface area contributed by atoms with Crippen molar-refractivity contribution in [3.8, 4) is 16.9 Å². The molecule has 0 amide bonds. The van der Waals surface area contributed by atoms with Gasteiger partial charge in [-0.2, -0.15) is 13.2 Å². The van der Waals surface area contributed by atoms with Crippen LogP contribution in [0.15, 0.2) is 42.5 Å². The Morgan fingerprint density at radius 3 is 2.38 bits per heavy atom. The van der Waals surface area contributed by atoms with Gasteiger partial charge >= 0.3 is 12.1 Å². The molecule has 0 saturated heterocycles. The molecule has 0 atom stereocenters. The van der Waals surface area contributed by atoms with E-state index >= 15 is 0 Å². The van der Waals surface area contributed by atoms with Gasteiger partial charge in [-0.3, -0.25) is 0 Å². The number of rotatable bonds is 3. The second-order valence-electron chi connectivity index (χ2n) is 4.26. The first-order valence-electron chi connectivity index (χ1n) is 5.92. The summed E-state index contributed by atoms with van der Waals surface area (Å²) in [5, 5.41) is 9.11. The van der Waals surface area contributed by atoms with E-state index in [4.69, 9.17) is 9.84 Å². The Labute approximate surface area is 118 Å². The summed E-state index contributed by atoms with van der Waals surface area (Å²) in [6.45, 7) is 0. The predicted molar refractivity (Wildman–Crippen MR) is 70.4 cm³/mol. The number of carboxylic acid groups (broad SMARTS) is 1. The minimum Gasteiger partial charge on any atom is -0.496 e. The maximum absolute atomic E-state index is 13.0. The summed E-state index contributed by atoms with van der Waals surface area (Å²) in [7, 11) is 1.15. The molecule has 2 aromatic carbocycles. The number of carboxylic acids is 1. The fourth-order valence-electron chi connectivity index (χ4n) is 2.02. The van der Waals surface area contributed by atoms with Crippen LogP contribution in [0.1, 0.15) is 15.9 Å². The molecule has 0 fully saturated rings. The lowest BCUT2D eigenvalue weighted by molar-refractivity contribution is -0.138. The number of hydrogen-bond acceptors (Lipinski definition) is 2. The van der Waals surface area contributed by atoms with E-state index in [1.165, 1.54) is 30.3 Å². The van der Waals surface area contributed by atoms with Gasteiger partial charge in [-0.15, -0.1) is 0 Å². The molecule has 0 aliphatic heterocycles. The van der Waals surface area contributed by atoms with Crippen LogP contribution in [0.2, 0.25) is 0 Å². The van der Waals surface area contributed by atoms with Crippen molar-refractivity contribution in [2.75, 3.05) is 7.11 Å². The van der Waals surface area contributed by atoms with E-state index < -0.39 is 17.7 Å². The Balaban J connectivity index is 2.64. The summed E-state index contributed by atoms with van der Waals surface area (Å²) in [5.41, 5.74) is -0.613. The number of halogens is 3. The van der Waals surface area contributed by atoms with Gasteiger partial charge in [-0.1, -0.05) is 24.3 Å². The summed E-state index contributed by atoms with van der Waals surface area (Å²) in [4.78, 5) is 11.2. The lowest BCUT2D eigenvalue weighted by atomic mass is 9.97. The van der Waals surface area contributed by atoms with E-state index in [0.717, 1.165) is 13.2 Å².